The van der Waals surface area contributed by atoms with E-state index in [1.54, 1.807) is 12.1 Å². The monoisotopic (exact) mass is 294 g/mol. The highest BCUT2D eigenvalue weighted by molar-refractivity contribution is 6.33. The van der Waals surface area contributed by atoms with E-state index in [9.17, 15) is 9.59 Å². The Morgan fingerprint density at radius 3 is 2.95 bits per heavy atom. The van der Waals surface area contributed by atoms with Gasteiger partial charge in [0, 0.05) is 13.0 Å². The molecule has 1 fully saturated rings. The first-order valence-electron chi connectivity index (χ1n) is 6.94. The average molecular weight is 295 g/mol. The lowest BCUT2D eigenvalue weighted by atomic mass is 10.0. The van der Waals surface area contributed by atoms with Gasteiger partial charge in [-0.1, -0.05) is 30.2 Å². The minimum atomic E-state index is -0.0756. The summed E-state index contributed by atoms with van der Waals surface area (Å²) >= 11 is 5.99. The number of nitrogens with zero attached hydrogens (tertiary/aromatic N) is 1. The Balaban J connectivity index is 1.83. The van der Waals surface area contributed by atoms with Gasteiger partial charge in [-0.05, 0) is 31.5 Å². The standard InChI is InChI=1S/C15H19ClN2O2/c16-13-6-1-2-7-14(13)17-15(20)8-10-18-9-4-3-5-12(18)11-19/h1-2,6-7,11-12H,3-5,8-10H2,(H,17,20). The molecule has 20 heavy (non-hydrogen) atoms. The molecule has 0 aromatic heterocycles. The van der Waals surface area contributed by atoms with Gasteiger partial charge in [-0.15, -0.1) is 0 Å². The van der Waals surface area contributed by atoms with Gasteiger partial charge < -0.3 is 10.1 Å². The summed E-state index contributed by atoms with van der Waals surface area (Å²) in [7, 11) is 0. The third-order valence-corrected chi connectivity index (χ3v) is 3.92. The lowest BCUT2D eigenvalue weighted by Crippen LogP contribution is -2.41. The molecule has 0 saturated carbocycles. The van der Waals surface area contributed by atoms with Crippen molar-refractivity contribution < 1.29 is 9.59 Å². The number of amides is 1. The number of halogens is 1. The Labute approximate surface area is 124 Å². The van der Waals surface area contributed by atoms with Crippen molar-refractivity contribution in [3.8, 4) is 0 Å². The number of likely N-dealkylation sites (tertiary alicyclic amines) is 1. The third kappa shape index (κ3) is 4.05. The van der Waals surface area contributed by atoms with E-state index in [0.717, 1.165) is 32.1 Å². The first kappa shape index (κ1) is 15.0. The molecule has 2 rings (SSSR count). The van der Waals surface area contributed by atoms with E-state index in [4.69, 9.17) is 11.6 Å². The van der Waals surface area contributed by atoms with Crippen molar-refractivity contribution in [2.24, 2.45) is 0 Å². The highest BCUT2D eigenvalue weighted by atomic mass is 35.5. The van der Waals surface area contributed by atoms with Crippen molar-refractivity contribution in [1.82, 2.24) is 4.90 Å². The van der Waals surface area contributed by atoms with Crippen LogP contribution in [0.25, 0.3) is 0 Å². The zero-order chi connectivity index (χ0) is 14.4. The molecule has 1 aromatic carbocycles. The van der Waals surface area contributed by atoms with Crippen LogP contribution in [0.2, 0.25) is 5.02 Å². The molecule has 1 aliphatic rings. The van der Waals surface area contributed by atoms with Crippen molar-refractivity contribution >= 4 is 29.5 Å². The van der Waals surface area contributed by atoms with Crippen LogP contribution in [0.3, 0.4) is 0 Å². The first-order chi connectivity index (χ1) is 9.70. The van der Waals surface area contributed by atoms with Crippen LogP contribution in [0, 0.1) is 0 Å². The van der Waals surface area contributed by atoms with Crippen molar-refractivity contribution in [1.29, 1.82) is 0 Å². The normalized spacial score (nSPS) is 19.6. The van der Waals surface area contributed by atoms with Gasteiger partial charge in [0.1, 0.15) is 6.29 Å². The second kappa shape index (κ2) is 7.41. The number of nitrogens with one attached hydrogen (secondary N) is 1. The number of carbonyl (C=O) groups is 2. The van der Waals surface area contributed by atoms with Crippen molar-refractivity contribution in [3.63, 3.8) is 0 Å². The van der Waals surface area contributed by atoms with Crippen molar-refractivity contribution in [2.45, 2.75) is 31.7 Å². The first-order valence-corrected chi connectivity index (χ1v) is 7.32. The zero-order valence-electron chi connectivity index (χ0n) is 11.3. The number of rotatable bonds is 5. The largest absolute Gasteiger partial charge is 0.325 e. The summed E-state index contributed by atoms with van der Waals surface area (Å²) < 4.78 is 0. The molecule has 1 aliphatic heterocycles. The fraction of sp³-hybridized carbons (Fsp3) is 0.467. The number of carbonyl (C=O) groups excluding carboxylic acids is 2. The van der Waals surface area contributed by atoms with E-state index in [1.165, 1.54) is 0 Å². The second-order valence-electron chi connectivity index (χ2n) is 5.01. The van der Waals surface area contributed by atoms with Gasteiger partial charge in [-0.3, -0.25) is 9.69 Å². The zero-order valence-corrected chi connectivity index (χ0v) is 12.1. The smallest absolute Gasteiger partial charge is 0.225 e. The van der Waals surface area contributed by atoms with Crippen molar-refractivity contribution in [2.75, 3.05) is 18.4 Å². The van der Waals surface area contributed by atoms with E-state index >= 15 is 0 Å². The van der Waals surface area contributed by atoms with Crippen LogP contribution in [0.4, 0.5) is 5.69 Å². The summed E-state index contributed by atoms with van der Waals surface area (Å²) in [5.41, 5.74) is 0.629. The number of benzene rings is 1. The Bertz CT molecular complexity index is 479. The number of para-hydroxylation sites is 1. The molecule has 5 heteroatoms. The minimum Gasteiger partial charge on any atom is -0.325 e. The molecule has 1 saturated heterocycles. The highest BCUT2D eigenvalue weighted by Gasteiger charge is 2.21. The fourth-order valence-corrected chi connectivity index (χ4v) is 2.65. The molecule has 1 heterocycles. The third-order valence-electron chi connectivity index (χ3n) is 3.60. The van der Waals surface area contributed by atoms with Gasteiger partial charge in [0.15, 0.2) is 0 Å². The van der Waals surface area contributed by atoms with Crippen LogP contribution in [0.1, 0.15) is 25.7 Å². The van der Waals surface area contributed by atoms with Gasteiger partial charge >= 0.3 is 0 Å². The van der Waals surface area contributed by atoms with E-state index in [0.29, 0.717) is 23.7 Å². The van der Waals surface area contributed by atoms with Crippen LogP contribution in [-0.2, 0) is 9.59 Å². The summed E-state index contributed by atoms with van der Waals surface area (Å²) in [5.74, 6) is -0.0756. The van der Waals surface area contributed by atoms with Crippen LogP contribution >= 0.6 is 11.6 Å². The molecule has 108 valence electrons. The molecule has 0 spiro atoms. The molecule has 4 nitrogen and oxygen atoms in total. The second-order valence-corrected chi connectivity index (χ2v) is 5.42. The van der Waals surface area contributed by atoms with Crippen molar-refractivity contribution in [3.05, 3.63) is 29.3 Å². The lowest BCUT2D eigenvalue weighted by molar-refractivity contribution is -0.118. The predicted octanol–water partition coefficient (Wildman–Crippen LogP) is 2.72. The van der Waals surface area contributed by atoms with Gasteiger partial charge in [-0.2, -0.15) is 0 Å². The maximum Gasteiger partial charge on any atom is 0.225 e. The SMILES string of the molecule is O=CC1CCCCN1CCC(=O)Nc1ccccc1Cl. The van der Waals surface area contributed by atoms with E-state index in [1.807, 2.05) is 12.1 Å². The van der Waals surface area contributed by atoms with E-state index < -0.39 is 0 Å². The van der Waals surface area contributed by atoms with E-state index in [2.05, 4.69) is 10.2 Å². The molecule has 1 atom stereocenters. The maximum absolute atomic E-state index is 11.9. The molecule has 0 bridgehead atoms. The Morgan fingerprint density at radius 1 is 1.40 bits per heavy atom. The minimum absolute atomic E-state index is 0.0307. The van der Waals surface area contributed by atoms with Gasteiger partial charge in [0.2, 0.25) is 5.91 Å². The topological polar surface area (TPSA) is 49.4 Å². The van der Waals surface area contributed by atoms with Gasteiger partial charge in [-0.25, -0.2) is 0 Å². The van der Waals surface area contributed by atoms with Crippen LogP contribution in [-0.4, -0.2) is 36.2 Å². The summed E-state index contributed by atoms with van der Waals surface area (Å²) in [6, 6.07) is 7.13. The lowest BCUT2D eigenvalue weighted by Gasteiger charge is -2.31. The summed E-state index contributed by atoms with van der Waals surface area (Å²) in [6.07, 6.45) is 4.44. The highest BCUT2D eigenvalue weighted by Crippen LogP contribution is 2.21. The fourth-order valence-electron chi connectivity index (χ4n) is 2.47. The number of piperidine rings is 1. The summed E-state index contributed by atoms with van der Waals surface area (Å²) in [4.78, 5) is 25.0. The summed E-state index contributed by atoms with van der Waals surface area (Å²) in [5, 5.41) is 3.33. The molecule has 1 N–H and O–H groups in total. The molecule has 1 unspecified atom stereocenters. The number of anilines is 1. The van der Waals surface area contributed by atoms with Gasteiger partial charge in [0.25, 0.3) is 0 Å². The number of hydrogen-bond acceptors (Lipinski definition) is 3. The molecular formula is C15H19ClN2O2. The Kier molecular flexibility index (Phi) is 5.56. The molecular weight excluding hydrogens is 276 g/mol. The van der Waals surface area contributed by atoms with E-state index in [-0.39, 0.29) is 11.9 Å². The molecule has 0 aliphatic carbocycles. The number of aldehydes is 1. The quantitative estimate of drug-likeness (QED) is 0.850. The molecule has 1 amide bonds. The Morgan fingerprint density at radius 2 is 2.20 bits per heavy atom. The number of hydrogen-bond donors (Lipinski definition) is 1. The molecule has 1 aromatic rings. The maximum atomic E-state index is 11.9. The predicted molar refractivity (Wildman–Crippen MR) is 80.0 cm³/mol. The Hall–Kier alpha value is -1.39. The summed E-state index contributed by atoms with van der Waals surface area (Å²) in [6.45, 7) is 1.50. The average Bonchev–Trinajstić information content (AvgIpc) is 2.48. The van der Waals surface area contributed by atoms with Crippen LogP contribution in [0.15, 0.2) is 24.3 Å². The van der Waals surface area contributed by atoms with Crippen LogP contribution in [0.5, 0.6) is 0 Å². The van der Waals surface area contributed by atoms with Crippen LogP contribution < -0.4 is 5.32 Å². The molecule has 0 radical (unpaired) electrons. The van der Waals surface area contributed by atoms with Gasteiger partial charge in [0.05, 0.1) is 16.8 Å².